The van der Waals surface area contributed by atoms with E-state index in [4.69, 9.17) is 14.7 Å². The predicted octanol–water partition coefficient (Wildman–Crippen LogP) is 3.61. The van der Waals surface area contributed by atoms with Crippen molar-refractivity contribution in [1.29, 1.82) is 0 Å². The Morgan fingerprint density at radius 1 is 1.19 bits per heavy atom. The number of benzene rings is 2. The van der Waals surface area contributed by atoms with Crippen LogP contribution in [0.25, 0.3) is 0 Å². The minimum atomic E-state index is -0.376. The number of methoxy groups -OCH3 is 1. The SMILES string of the molecule is COc1ccc(COc2cccc(/C(C)=N/O)c2)c(F)c1. The average Bonchev–Trinajstić information content (AvgIpc) is 2.53. The fourth-order valence-electron chi connectivity index (χ4n) is 1.80. The first-order chi connectivity index (χ1) is 10.1. The maximum absolute atomic E-state index is 13.8. The van der Waals surface area contributed by atoms with Gasteiger partial charge in [-0.3, -0.25) is 0 Å². The normalized spacial score (nSPS) is 11.3. The molecule has 5 heteroatoms. The van der Waals surface area contributed by atoms with Crippen LogP contribution in [0.1, 0.15) is 18.1 Å². The zero-order valence-corrected chi connectivity index (χ0v) is 11.8. The highest BCUT2D eigenvalue weighted by molar-refractivity contribution is 5.98. The second kappa shape index (κ2) is 6.74. The van der Waals surface area contributed by atoms with Gasteiger partial charge >= 0.3 is 0 Å². The highest BCUT2D eigenvalue weighted by Gasteiger charge is 2.06. The molecule has 0 amide bonds. The molecule has 0 aliphatic heterocycles. The van der Waals surface area contributed by atoms with Crippen LogP contribution in [0.2, 0.25) is 0 Å². The molecule has 0 atom stereocenters. The van der Waals surface area contributed by atoms with E-state index < -0.39 is 0 Å². The second-order valence-electron chi connectivity index (χ2n) is 4.46. The average molecular weight is 289 g/mol. The minimum absolute atomic E-state index is 0.106. The van der Waals surface area contributed by atoms with Crippen LogP contribution in [-0.4, -0.2) is 18.0 Å². The van der Waals surface area contributed by atoms with Gasteiger partial charge in [0, 0.05) is 17.2 Å². The van der Waals surface area contributed by atoms with Crippen molar-refractivity contribution in [3.05, 3.63) is 59.4 Å². The van der Waals surface area contributed by atoms with Crippen LogP contribution in [0.3, 0.4) is 0 Å². The Balaban J connectivity index is 2.10. The summed E-state index contributed by atoms with van der Waals surface area (Å²) in [6.07, 6.45) is 0. The molecule has 110 valence electrons. The quantitative estimate of drug-likeness (QED) is 0.519. The fraction of sp³-hybridized carbons (Fsp3) is 0.188. The number of oxime groups is 1. The molecular weight excluding hydrogens is 273 g/mol. The van der Waals surface area contributed by atoms with Gasteiger partial charge in [-0.1, -0.05) is 17.3 Å². The van der Waals surface area contributed by atoms with Crippen molar-refractivity contribution < 1.29 is 19.1 Å². The highest BCUT2D eigenvalue weighted by Crippen LogP contribution is 2.19. The van der Waals surface area contributed by atoms with Crippen molar-refractivity contribution in [2.24, 2.45) is 5.16 Å². The van der Waals surface area contributed by atoms with Crippen LogP contribution in [0.5, 0.6) is 11.5 Å². The summed E-state index contributed by atoms with van der Waals surface area (Å²) in [6, 6.07) is 11.7. The van der Waals surface area contributed by atoms with Gasteiger partial charge in [-0.25, -0.2) is 4.39 Å². The van der Waals surface area contributed by atoms with Crippen molar-refractivity contribution in [2.75, 3.05) is 7.11 Å². The third-order valence-corrected chi connectivity index (χ3v) is 3.06. The molecule has 0 aliphatic rings. The maximum atomic E-state index is 13.8. The first-order valence-corrected chi connectivity index (χ1v) is 6.38. The number of rotatable bonds is 5. The largest absolute Gasteiger partial charge is 0.497 e. The zero-order chi connectivity index (χ0) is 15.2. The number of nitrogens with zero attached hydrogens (tertiary/aromatic N) is 1. The molecule has 0 heterocycles. The lowest BCUT2D eigenvalue weighted by Crippen LogP contribution is -2.00. The third kappa shape index (κ3) is 3.72. The molecule has 0 spiro atoms. The van der Waals surface area contributed by atoms with Crippen molar-refractivity contribution in [3.8, 4) is 11.5 Å². The van der Waals surface area contributed by atoms with Crippen molar-refractivity contribution in [3.63, 3.8) is 0 Å². The van der Waals surface area contributed by atoms with E-state index in [-0.39, 0.29) is 12.4 Å². The van der Waals surface area contributed by atoms with Gasteiger partial charge in [0.25, 0.3) is 0 Å². The van der Waals surface area contributed by atoms with Crippen LogP contribution >= 0.6 is 0 Å². The van der Waals surface area contributed by atoms with Gasteiger partial charge in [0.2, 0.25) is 0 Å². The molecular formula is C16H16FNO3. The first-order valence-electron chi connectivity index (χ1n) is 6.38. The maximum Gasteiger partial charge on any atom is 0.133 e. The van der Waals surface area contributed by atoms with Gasteiger partial charge in [0.05, 0.1) is 12.8 Å². The molecule has 0 saturated carbocycles. The van der Waals surface area contributed by atoms with Crippen LogP contribution in [0.15, 0.2) is 47.6 Å². The molecule has 0 unspecified atom stereocenters. The van der Waals surface area contributed by atoms with Crippen LogP contribution < -0.4 is 9.47 Å². The summed E-state index contributed by atoms with van der Waals surface area (Å²) in [4.78, 5) is 0. The Bertz CT molecular complexity index is 656. The molecule has 0 aliphatic carbocycles. The number of hydrogen-bond acceptors (Lipinski definition) is 4. The predicted molar refractivity (Wildman–Crippen MR) is 77.7 cm³/mol. The summed E-state index contributed by atoms with van der Waals surface area (Å²) in [5.74, 6) is 0.664. The molecule has 2 rings (SSSR count). The monoisotopic (exact) mass is 289 g/mol. The van der Waals surface area contributed by atoms with Crippen LogP contribution in [-0.2, 0) is 6.61 Å². The molecule has 2 aromatic rings. The van der Waals surface area contributed by atoms with E-state index in [9.17, 15) is 4.39 Å². The van der Waals surface area contributed by atoms with Gasteiger partial charge in [-0.15, -0.1) is 0 Å². The molecule has 0 fully saturated rings. The van der Waals surface area contributed by atoms with E-state index in [1.165, 1.54) is 13.2 Å². The molecule has 0 radical (unpaired) electrons. The molecule has 0 aromatic heterocycles. The highest BCUT2D eigenvalue weighted by atomic mass is 19.1. The van der Waals surface area contributed by atoms with E-state index in [1.54, 1.807) is 43.3 Å². The van der Waals surface area contributed by atoms with Crippen molar-refractivity contribution in [1.82, 2.24) is 0 Å². The van der Waals surface area contributed by atoms with E-state index in [1.807, 2.05) is 0 Å². The van der Waals surface area contributed by atoms with Crippen molar-refractivity contribution in [2.45, 2.75) is 13.5 Å². The number of halogens is 1. The lowest BCUT2D eigenvalue weighted by molar-refractivity contribution is 0.299. The summed E-state index contributed by atoms with van der Waals surface area (Å²) < 4.78 is 24.3. The van der Waals surface area contributed by atoms with Crippen molar-refractivity contribution >= 4 is 5.71 Å². The lowest BCUT2D eigenvalue weighted by Gasteiger charge is -2.09. The molecule has 0 bridgehead atoms. The van der Waals surface area contributed by atoms with E-state index in [0.717, 1.165) is 5.56 Å². The summed E-state index contributed by atoms with van der Waals surface area (Å²) in [6.45, 7) is 1.79. The fourth-order valence-corrected chi connectivity index (χ4v) is 1.80. The van der Waals surface area contributed by atoms with Gasteiger partial charge in [0.1, 0.15) is 23.9 Å². The first kappa shape index (κ1) is 14.8. The van der Waals surface area contributed by atoms with E-state index in [0.29, 0.717) is 22.8 Å². The standard InChI is InChI=1S/C16H16FNO3/c1-11(18-19)12-4-3-5-15(8-12)21-10-13-6-7-14(20-2)9-16(13)17/h3-9,19H,10H2,1-2H3/b18-11+. The zero-order valence-electron chi connectivity index (χ0n) is 11.8. The molecule has 2 aromatic carbocycles. The smallest absolute Gasteiger partial charge is 0.133 e. The summed E-state index contributed by atoms with van der Waals surface area (Å²) in [5, 5.41) is 11.9. The van der Waals surface area contributed by atoms with Gasteiger partial charge < -0.3 is 14.7 Å². The lowest BCUT2D eigenvalue weighted by atomic mass is 10.1. The molecule has 21 heavy (non-hydrogen) atoms. The topological polar surface area (TPSA) is 51.0 Å². The van der Waals surface area contributed by atoms with E-state index in [2.05, 4.69) is 5.16 Å². The Hall–Kier alpha value is -2.56. The second-order valence-corrected chi connectivity index (χ2v) is 4.46. The van der Waals surface area contributed by atoms with E-state index >= 15 is 0 Å². The number of hydrogen-bond donors (Lipinski definition) is 1. The third-order valence-electron chi connectivity index (χ3n) is 3.06. The summed E-state index contributed by atoms with van der Waals surface area (Å²) in [5.41, 5.74) is 1.66. The Kier molecular flexibility index (Phi) is 4.77. The number of ether oxygens (including phenoxy) is 2. The molecule has 1 N–H and O–H groups in total. The van der Waals surface area contributed by atoms with Crippen LogP contribution in [0.4, 0.5) is 4.39 Å². The Morgan fingerprint density at radius 3 is 2.67 bits per heavy atom. The molecule has 4 nitrogen and oxygen atoms in total. The summed E-state index contributed by atoms with van der Waals surface area (Å²) >= 11 is 0. The van der Waals surface area contributed by atoms with Gasteiger partial charge in [-0.2, -0.15) is 0 Å². The van der Waals surface area contributed by atoms with Gasteiger partial charge in [-0.05, 0) is 31.2 Å². The minimum Gasteiger partial charge on any atom is -0.497 e. The van der Waals surface area contributed by atoms with Gasteiger partial charge in [0.15, 0.2) is 0 Å². The summed E-state index contributed by atoms with van der Waals surface area (Å²) in [7, 11) is 1.49. The van der Waals surface area contributed by atoms with Crippen LogP contribution in [0, 0.1) is 5.82 Å². The molecule has 0 saturated heterocycles. The Morgan fingerprint density at radius 2 is 2.00 bits per heavy atom. The Labute approximate surface area is 122 Å².